The molecule has 31 heavy (non-hydrogen) atoms. The number of nitrogens with zero attached hydrogens (tertiary/aromatic N) is 3. The molecule has 0 unspecified atom stereocenters. The average Bonchev–Trinajstić information content (AvgIpc) is 3.17. The van der Waals surface area contributed by atoms with Crippen LogP contribution in [-0.4, -0.2) is 38.3 Å². The average molecular weight is 442 g/mol. The summed E-state index contributed by atoms with van der Waals surface area (Å²) in [6.07, 6.45) is 1.49. The third-order valence-corrected chi connectivity index (χ3v) is 4.89. The van der Waals surface area contributed by atoms with Crippen molar-refractivity contribution in [2.24, 2.45) is 0 Å². The van der Waals surface area contributed by atoms with Crippen molar-refractivity contribution in [2.75, 3.05) is 7.11 Å². The van der Waals surface area contributed by atoms with E-state index in [4.69, 9.17) is 9.47 Å². The van der Waals surface area contributed by atoms with Crippen LogP contribution in [0, 0.1) is 17.0 Å². The summed E-state index contributed by atoms with van der Waals surface area (Å²) in [5, 5.41) is 27.1. The lowest BCUT2D eigenvalue weighted by atomic mass is 10.2. The minimum absolute atomic E-state index is 0.00442. The molecular formula is C20H18N4O6S. The van der Waals surface area contributed by atoms with E-state index < -0.39 is 10.9 Å². The number of carboxylic acid groups (broad SMARTS) is 1. The highest BCUT2D eigenvalue weighted by Gasteiger charge is 2.14. The summed E-state index contributed by atoms with van der Waals surface area (Å²) in [6.45, 7) is 1.91. The van der Waals surface area contributed by atoms with E-state index in [-0.39, 0.29) is 17.2 Å². The van der Waals surface area contributed by atoms with Gasteiger partial charge in [0.2, 0.25) is 5.16 Å². The van der Waals surface area contributed by atoms with Gasteiger partial charge in [-0.1, -0.05) is 6.07 Å². The number of aromatic amines is 1. The number of nitrogens with one attached hydrogen (secondary N) is 1. The SMILES string of the molecule is COc1cc(/C=C(\Sc2n[nH]c(C)n2)C(=O)O)ccc1OCc1ccc([N+](=O)[O-])cc1. The largest absolute Gasteiger partial charge is 0.493 e. The van der Waals surface area contributed by atoms with Crippen LogP contribution in [0.2, 0.25) is 0 Å². The van der Waals surface area contributed by atoms with Crippen LogP contribution in [0.25, 0.3) is 6.08 Å². The minimum atomic E-state index is -1.11. The number of rotatable bonds is 9. The first-order valence-corrected chi connectivity index (χ1v) is 9.73. The van der Waals surface area contributed by atoms with Crippen molar-refractivity contribution in [1.82, 2.24) is 15.2 Å². The Morgan fingerprint density at radius 1 is 1.26 bits per heavy atom. The van der Waals surface area contributed by atoms with Gasteiger partial charge in [-0.25, -0.2) is 9.78 Å². The Labute approximate surface area is 181 Å². The number of aryl methyl sites for hydroxylation is 1. The molecule has 0 radical (unpaired) electrons. The van der Waals surface area contributed by atoms with Gasteiger partial charge in [0, 0.05) is 12.1 Å². The Bertz CT molecular complexity index is 1130. The maximum atomic E-state index is 11.6. The number of aromatic nitrogens is 3. The number of aliphatic carboxylic acids is 1. The van der Waals surface area contributed by atoms with Gasteiger partial charge in [-0.05, 0) is 60.2 Å². The molecule has 0 saturated heterocycles. The van der Waals surface area contributed by atoms with Crippen LogP contribution in [0.3, 0.4) is 0 Å². The molecule has 0 bridgehead atoms. The fourth-order valence-electron chi connectivity index (χ4n) is 2.52. The smallest absolute Gasteiger partial charge is 0.342 e. The second kappa shape index (κ2) is 9.76. The molecule has 11 heteroatoms. The van der Waals surface area contributed by atoms with Gasteiger partial charge in [0.25, 0.3) is 5.69 Å². The molecule has 3 rings (SSSR count). The zero-order chi connectivity index (χ0) is 22.4. The number of methoxy groups -OCH3 is 1. The van der Waals surface area contributed by atoms with Crippen molar-refractivity contribution in [3.8, 4) is 11.5 Å². The van der Waals surface area contributed by atoms with Gasteiger partial charge < -0.3 is 14.6 Å². The molecule has 10 nitrogen and oxygen atoms in total. The first-order chi connectivity index (χ1) is 14.9. The normalized spacial score (nSPS) is 11.2. The predicted molar refractivity (Wildman–Crippen MR) is 113 cm³/mol. The summed E-state index contributed by atoms with van der Waals surface area (Å²) in [5.41, 5.74) is 1.35. The van der Waals surface area contributed by atoms with Gasteiger partial charge in [0.15, 0.2) is 11.5 Å². The van der Waals surface area contributed by atoms with E-state index in [1.165, 1.54) is 25.3 Å². The van der Waals surface area contributed by atoms with Crippen LogP contribution < -0.4 is 9.47 Å². The number of hydrogen-bond acceptors (Lipinski definition) is 8. The molecule has 160 valence electrons. The summed E-state index contributed by atoms with van der Waals surface area (Å²) < 4.78 is 11.1. The minimum Gasteiger partial charge on any atom is -0.493 e. The second-order valence-corrected chi connectivity index (χ2v) is 7.25. The van der Waals surface area contributed by atoms with Crippen molar-refractivity contribution in [1.29, 1.82) is 0 Å². The van der Waals surface area contributed by atoms with Crippen LogP contribution in [0.4, 0.5) is 5.69 Å². The van der Waals surface area contributed by atoms with Crippen LogP contribution in [0.1, 0.15) is 17.0 Å². The number of nitro groups is 1. The van der Waals surface area contributed by atoms with Crippen molar-refractivity contribution in [3.05, 3.63) is 74.4 Å². The van der Waals surface area contributed by atoms with E-state index in [2.05, 4.69) is 15.2 Å². The highest BCUT2D eigenvalue weighted by Crippen LogP contribution is 2.32. The molecule has 0 spiro atoms. The lowest BCUT2D eigenvalue weighted by Crippen LogP contribution is -1.99. The zero-order valence-electron chi connectivity index (χ0n) is 16.6. The Kier molecular flexibility index (Phi) is 6.88. The van der Waals surface area contributed by atoms with Crippen LogP contribution in [0.5, 0.6) is 11.5 Å². The molecular weight excluding hydrogens is 424 g/mol. The van der Waals surface area contributed by atoms with E-state index >= 15 is 0 Å². The van der Waals surface area contributed by atoms with Crippen LogP contribution >= 0.6 is 11.8 Å². The van der Waals surface area contributed by atoms with E-state index in [0.29, 0.717) is 28.0 Å². The summed E-state index contributed by atoms with van der Waals surface area (Å²) in [5.74, 6) is 0.347. The van der Waals surface area contributed by atoms with E-state index in [1.807, 2.05) is 0 Å². The number of hydrogen-bond donors (Lipinski definition) is 2. The number of ether oxygens (including phenoxy) is 2. The van der Waals surface area contributed by atoms with Crippen molar-refractivity contribution in [2.45, 2.75) is 18.7 Å². The van der Waals surface area contributed by atoms with Crippen LogP contribution in [0.15, 0.2) is 52.5 Å². The maximum Gasteiger partial charge on any atom is 0.342 e. The van der Waals surface area contributed by atoms with Gasteiger partial charge in [-0.2, -0.15) is 0 Å². The summed E-state index contributed by atoms with van der Waals surface area (Å²) in [7, 11) is 1.48. The highest BCUT2D eigenvalue weighted by atomic mass is 32.2. The van der Waals surface area contributed by atoms with Crippen molar-refractivity contribution < 1.29 is 24.3 Å². The number of nitro benzene ring substituents is 1. The number of thioether (sulfide) groups is 1. The first-order valence-electron chi connectivity index (χ1n) is 8.91. The highest BCUT2D eigenvalue weighted by molar-refractivity contribution is 8.04. The lowest BCUT2D eigenvalue weighted by molar-refractivity contribution is -0.384. The molecule has 0 fully saturated rings. The molecule has 0 aliphatic rings. The molecule has 0 amide bonds. The van der Waals surface area contributed by atoms with Gasteiger partial charge in [0.1, 0.15) is 17.3 Å². The molecule has 2 aromatic carbocycles. The van der Waals surface area contributed by atoms with E-state index in [1.54, 1.807) is 37.3 Å². The fourth-order valence-corrected chi connectivity index (χ4v) is 3.27. The van der Waals surface area contributed by atoms with E-state index in [0.717, 1.165) is 17.3 Å². The first kappa shape index (κ1) is 21.8. The standard InChI is InChI=1S/C20H18N4O6S/c1-12-21-20(23-22-12)31-18(19(25)26)10-14-5-8-16(17(9-14)29-2)30-11-13-3-6-15(7-4-13)24(27)28/h3-10H,11H2,1-2H3,(H,25,26)(H,21,22,23)/b18-10-. The predicted octanol–water partition coefficient (Wildman–Crippen LogP) is 3.83. The quantitative estimate of drug-likeness (QED) is 0.219. The molecule has 0 saturated carbocycles. The van der Waals surface area contributed by atoms with Crippen molar-refractivity contribution >= 4 is 29.5 Å². The molecule has 1 aromatic heterocycles. The van der Waals surface area contributed by atoms with Gasteiger partial charge >= 0.3 is 5.97 Å². The van der Waals surface area contributed by atoms with Gasteiger partial charge in [-0.3, -0.25) is 15.2 Å². The monoisotopic (exact) mass is 442 g/mol. The molecule has 2 N–H and O–H groups in total. The molecule has 0 aliphatic heterocycles. The third-order valence-electron chi connectivity index (χ3n) is 4.02. The summed E-state index contributed by atoms with van der Waals surface area (Å²) in [4.78, 5) is 26.0. The third kappa shape index (κ3) is 5.82. The number of carbonyl (C=O) groups is 1. The molecule has 0 aliphatic carbocycles. The Morgan fingerprint density at radius 2 is 2.00 bits per heavy atom. The maximum absolute atomic E-state index is 11.6. The van der Waals surface area contributed by atoms with Gasteiger partial charge in [-0.15, -0.1) is 5.10 Å². The Balaban J connectivity index is 1.75. The van der Waals surface area contributed by atoms with Crippen LogP contribution in [-0.2, 0) is 11.4 Å². The zero-order valence-corrected chi connectivity index (χ0v) is 17.4. The Hall–Kier alpha value is -3.86. The second-order valence-electron chi connectivity index (χ2n) is 6.24. The van der Waals surface area contributed by atoms with Crippen molar-refractivity contribution in [3.63, 3.8) is 0 Å². The fraction of sp³-hybridized carbons (Fsp3) is 0.150. The van der Waals surface area contributed by atoms with Gasteiger partial charge in [0.05, 0.1) is 12.0 Å². The molecule has 1 heterocycles. The lowest BCUT2D eigenvalue weighted by Gasteiger charge is -2.11. The number of H-pyrrole nitrogens is 1. The molecule has 0 atom stereocenters. The summed E-state index contributed by atoms with van der Waals surface area (Å²) >= 11 is 0.929. The number of non-ortho nitro benzene ring substituents is 1. The summed E-state index contributed by atoms with van der Waals surface area (Å²) in [6, 6.07) is 11.1. The number of carboxylic acids is 1. The van der Waals surface area contributed by atoms with E-state index in [9.17, 15) is 20.0 Å². The molecule has 3 aromatic rings. The topological polar surface area (TPSA) is 140 Å². The number of benzene rings is 2. The Morgan fingerprint density at radius 3 is 2.58 bits per heavy atom.